The van der Waals surface area contributed by atoms with Crippen LogP contribution in [0.25, 0.3) is 0 Å². The Morgan fingerprint density at radius 1 is 1.68 bits per heavy atom. The molecule has 2 aliphatic heterocycles. The lowest BCUT2D eigenvalue weighted by Crippen LogP contribution is -2.42. The lowest BCUT2D eigenvalue weighted by Gasteiger charge is -2.33. The largest absolute Gasteiger partial charge is 0.364 e. The van der Waals surface area contributed by atoms with Crippen LogP contribution in [0.15, 0.2) is 11.6 Å². The van der Waals surface area contributed by atoms with Gasteiger partial charge in [0.25, 0.3) is 0 Å². The van der Waals surface area contributed by atoms with Gasteiger partial charge in [0.1, 0.15) is 11.1 Å². The van der Waals surface area contributed by atoms with Gasteiger partial charge in [0.15, 0.2) is 0 Å². The second kappa shape index (κ2) is 5.56. The number of hydrogen-bond donors (Lipinski definition) is 1. The van der Waals surface area contributed by atoms with Crippen molar-refractivity contribution in [1.82, 2.24) is 15.2 Å². The summed E-state index contributed by atoms with van der Waals surface area (Å²) >= 11 is 1.69. The predicted molar refractivity (Wildman–Crippen MR) is 72.8 cm³/mol. The molecule has 0 unspecified atom stereocenters. The van der Waals surface area contributed by atoms with E-state index >= 15 is 0 Å². The number of fused-ring (bicyclic) bond motifs is 1. The van der Waals surface area contributed by atoms with Crippen LogP contribution in [0.4, 0.5) is 0 Å². The third-order valence-corrected chi connectivity index (χ3v) is 4.78. The maximum atomic E-state index is 11.6. The highest BCUT2D eigenvalue weighted by molar-refractivity contribution is 7.09. The summed E-state index contributed by atoms with van der Waals surface area (Å²) in [7, 11) is 1.67. The number of aromatic nitrogens is 1. The molecule has 1 N–H and O–H groups in total. The highest BCUT2D eigenvalue weighted by atomic mass is 32.1. The minimum atomic E-state index is -0.250. The van der Waals surface area contributed by atoms with Crippen LogP contribution in [-0.2, 0) is 16.1 Å². The van der Waals surface area contributed by atoms with E-state index in [-0.39, 0.29) is 18.1 Å². The summed E-state index contributed by atoms with van der Waals surface area (Å²) in [5.41, 5.74) is 0. The molecule has 1 aromatic rings. The van der Waals surface area contributed by atoms with Crippen molar-refractivity contribution in [3.63, 3.8) is 0 Å². The number of likely N-dealkylation sites (tertiary alicyclic amines) is 1. The zero-order valence-electron chi connectivity index (χ0n) is 11.0. The fourth-order valence-corrected chi connectivity index (χ4v) is 3.65. The van der Waals surface area contributed by atoms with Crippen molar-refractivity contribution in [2.45, 2.75) is 31.6 Å². The fraction of sp³-hybridized carbons (Fsp3) is 0.692. The average molecular weight is 281 g/mol. The molecule has 104 valence electrons. The highest BCUT2D eigenvalue weighted by Crippen LogP contribution is 2.33. The molecule has 19 heavy (non-hydrogen) atoms. The van der Waals surface area contributed by atoms with Crippen LogP contribution in [0.5, 0.6) is 0 Å². The van der Waals surface area contributed by atoms with Crippen LogP contribution in [0.2, 0.25) is 0 Å². The van der Waals surface area contributed by atoms with Crippen LogP contribution in [0.3, 0.4) is 0 Å². The Bertz CT molecular complexity index is 437. The lowest BCUT2D eigenvalue weighted by molar-refractivity contribution is -0.132. The monoisotopic (exact) mass is 281 g/mol. The van der Waals surface area contributed by atoms with Gasteiger partial charge in [0.05, 0.1) is 12.6 Å². The zero-order valence-corrected chi connectivity index (χ0v) is 11.9. The van der Waals surface area contributed by atoms with Gasteiger partial charge in [-0.15, -0.1) is 11.3 Å². The summed E-state index contributed by atoms with van der Waals surface area (Å²) in [5.74, 6) is 0.552. The van der Waals surface area contributed by atoms with Gasteiger partial charge in [-0.25, -0.2) is 4.98 Å². The smallest absolute Gasteiger partial charge is 0.248 e. The Hall–Kier alpha value is -0.980. The van der Waals surface area contributed by atoms with Crippen LogP contribution in [0, 0.1) is 5.92 Å². The third kappa shape index (κ3) is 2.80. The van der Waals surface area contributed by atoms with E-state index in [2.05, 4.69) is 15.2 Å². The first-order valence-corrected chi connectivity index (χ1v) is 7.62. The number of piperidine rings is 1. The normalized spacial score (nSPS) is 31.1. The van der Waals surface area contributed by atoms with Crippen molar-refractivity contribution in [3.05, 3.63) is 16.6 Å². The number of amides is 1. The van der Waals surface area contributed by atoms with E-state index in [0.717, 1.165) is 37.5 Å². The molecular weight excluding hydrogens is 262 g/mol. The number of likely N-dealkylation sites (N-methyl/N-ethyl adjacent to an activating group) is 1. The molecule has 6 heteroatoms. The molecule has 5 nitrogen and oxygen atoms in total. The Kier molecular flexibility index (Phi) is 3.81. The Balaban J connectivity index is 1.57. The molecule has 3 heterocycles. The molecule has 3 atom stereocenters. The molecule has 0 bridgehead atoms. The number of rotatable bonds is 3. The molecule has 0 saturated carbocycles. The maximum absolute atomic E-state index is 11.6. The van der Waals surface area contributed by atoms with E-state index in [1.807, 2.05) is 11.6 Å². The summed E-state index contributed by atoms with van der Waals surface area (Å²) < 4.78 is 5.90. The summed E-state index contributed by atoms with van der Waals surface area (Å²) in [5, 5.41) is 5.84. The van der Waals surface area contributed by atoms with Crippen molar-refractivity contribution in [3.8, 4) is 0 Å². The lowest BCUT2D eigenvalue weighted by atomic mass is 9.91. The quantitative estimate of drug-likeness (QED) is 0.893. The number of ether oxygens (including phenoxy) is 1. The molecular formula is C13H19N3O2S. The topological polar surface area (TPSA) is 54.5 Å². The average Bonchev–Trinajstić information content (AvgIpc) is 3.06. The van der Waals surface area contributed by atoms with E-state index in [9.17, 15) is 4.79 Å². The molecule has 1 amide bonds. The second-order valence-electron chi connectivity index (χ2n) is 5.22. The van der Waals surface area contributed by atoms with E-state index < -0.39 is 0 Å². The second-order valence-corrected chi connectivity index (χ2v) is 6.20. The number of hydrogen-bond acceptors (Lipinski definition) is 5. The van der Waals surface area contributed by atoms with E-state index in [0.29, 0.717) is 5.92 Å². The molecule has 2 fully saturated rings. The maximum Gasteiger partial charge on any atom is 0.248 e. The van der Waals surface area contributed by atoms with E-state index in [1.165, 1.54) is 0 Å². The van der Waals surface area contributed by atoms with Crippen LogP contribution in [-0.4, -0.2) is 48.1 Å². The highest BCUT2D eigenvalue weighted by Gasteiger charge is 2.41. The van der Waals surface area contributed by atoms with Crippen molar-refractivity contribution < 1.29 is 9.53 Å². The van der Waals surface area contributed by atoms with Crippen molar-refractivity contribution in [2.75, 3.05) is 20.1 Å². The molecule has 3 rings (SSSR count). The molecule has 0 aliphatic carbocycles. The summed E-state index contributed by atoms with van der Waals surface area (Å²) in [6.07, 6.45) is 3.79. The van der Waals surface area contributed by atoms with Gasteiger partial charge in [-0.2, -0.15) is 0 Å². The first kappa shape index (κ1) is 13.0. The number of thiazole rings is 1. The number of carbonyl (C=O) groups is 1. The molecule has 1 aromatic heterocycles. The zero-order chi connectivity index (χ0) is 13.2. The SMILES string of the molecule is CNC(=O)[C@H]1C[C@@H]2CCN(Cc3nccs3)C[C@H]2O1. The molecule has 2 aliphatic rings. The van der Waals surface area contributed by atoms with Crippen LogP contribution < -0.4 is 5.32 Å². The fourth-order valence-electron chi connectivity index (χ4n) is 2.99. The van der Waals surface area contributed by atoms with Gasteiger partial charge in [-0.05, 0) is 25.3 Å². The minimum Gasteiger partial charge on any atom is -0.364 e. The Labute approximate surface area is 117 Å². The number of nitrogens with zero attached hydrogens (tertiary/aromatic N) is 2. The summed E-state index contributed by atoms with van der Waals surface area (Å²) in [6.45, 7) is 2.89. The predicted octanol–water partition coefficient (Wildman–Crippen LogP) is 0.868. The van der Waals surface area contributed by atoms with Crippen LogP contribution >= 0.6 is 11.3 Å². The molecule has 0 aromatic carbocycles. The molecule has 0 spiro atoms. The first-order chi connectivity index (χ1) is 9.26. The Morgan fingerprint density at radius 2 is 2.58 bits per heavy atom. The van der Waals surface area contributed by atoms with Crippen LogP contribution in [0.1, 0.15) is 17.8 Å². The van der Waals surface area contributed by atoms with Gasteiger partial charge in [-0.3, -0.25) is 9.69 Å². The van der Waals surface area contributed by atoms with Gasteiger partial charge in [0.2, 0.25) is 5.91 Å². The third-order valence-electron chi connectivity index (χ3n) is 4.02. The molecule has 0 radical (unpaired) electrons. The summed E-state index contributed by atoms with van der Waals surface area (Å²) in [4.78, 5) is 18.3. The number of carbonyl (C=O) groups excluding carboxylic acids is 1. The number of nitrogens with one attached hydrogen (secondary N) is 1. The van der Waals surface area contributed by atoms with Crippen molar-refractivity contribution in [1.29, 1.82) is 0 Å². The van der Waals surface area contributed by atoms with Gasteiger partial charge in [0, 0.05) is 25.2 Å². The van der Waals surface area contributed by atoms with E-state index in [4.69, 9.17) is 4.74 Å². The summed E-state index contributed by atoms with van der Waals surface area (Å²) in [6, 6.07) is 0. The Morgan fingerprint density at radius 3 is 3.32 bits per heavy atom. The first-order valence-electron chi connectivity index (χ1n) is 6.74. The van der Waals surface area contributed by atoms with Gasteiger partial charge >= 0.3 is 0 Å². The molecule has 2 saturated heterocycles. The minimum absolute atomic E-state index is 0.0147. The van der Waals surface area contributed by atoms with E-state index in [1.54, 1.807) is 18.4 Å². The standard InChI is InChI=1S/C13H19N3O2S/c1-14-13(17)10-6-9-2-4-16(7-11(9)18-10)8-12-15-3-5-19-12/h3,5,9-11H,2,4,6-8H2,1H3,(H,14,17)/t9-,10+,11+/m0/s1. The van der Waals surface area contributed by atoms with Crippen molar-refractivity contribution in [2.24, 2.45) is 5.92 Å². The van der Waals surface area contributed by atoms with Crippen molar-refractivity contribution >= 4 is 17.2 Å². The van der Waals surface area contributed by atoms with Gasteiger partial charge < -0.3 is 10.1 Å². The van der Waals surface area contributed by atoms with Gasteiger partial charge in [-0.1, -0.05) is 0 Å².